The fraction of sp³-hybridized carbons (Fsp3) is 0.647. The summed E-state index contributed by atoms with van der Waals surface area (Å²) < 4.78 is 13.6. The van der Waals surface area contributed by atoms with Crippen LogP contribution in [0.3, 0.4) is 0 Å². The number of rotatable bonds is 3. The van der Waals surface area contributed by atoms with Crippen LogP contribution in [-0.2, 0) is 0 Å². The first-order valence-electron chi connectivity index (χ1n) is 8.02. The summed E-state index contributed by atoms with van der Waals surface area (Å²) in [6, 6.07) is 4.85. The van der Waals surface area contributed by atoms with Crippen molar-refractivity contribution in [2.45, 2.75) is 44.6 Å². The van der Waals surface area contributed by atoms with E-state index in [1.54, 1.807) is 6.07 Å². The third-order valence-electron chi connectivity index (χ3n) is 5.46. The summed E-state index contributed by atoms with van der Waals surface area (Å²) in [4.78, 5) is 2.41. The summed E-state index contributed by atoms with van der Waals surface area (Å²) in [5.41, 5.74) is 7.47. The van der Waals surface area contributed by atoms with Crippen molar-refractivity contribution in [1.82, 2.24) is 4.90 Å². The van der Waals surface area contributed by atoms with Gasteiger partial charge in [0.15, 0.2) is 0 Å². The summed E-state index contributed by atoms with van der Waals surface area (Å²) in [6.07, 6.45) is 8.07. The average Bonchev–Trinajstić information content (AvgIpc) is 2.89. The van der Waals surface area contributed by atoms with Gasteiger partial charge in [-0.2, -0.15) is 0 Å². The minimum absolute atomic E-state index is 0.0805. The Hall–Kier alpha value is -0.640. The molecule has 21 heavy (non-hydrogen) atoms. The Balaban J connectivity index is 1.72. The highest BCUT2D eigenvalue weighted by molar-refractivity contribution is 6.30. The first-order valence-corrected chi connectivity index (χ1v) is 8.40. The summed E-state index contributed by atoms with van der Waals surface area (Å²) in [6.45, 7) is 2.64. The summed E-state index contributed by atoms with van der Waals surface area (Å²) in [7, 11) is 0. The predicted molar refractivity (Wildman–Crippen MR) is 84.9 cm³/mol. The van der Waals surface area contributed by atoms with E-state index >= 15 is 0 Å². The molecule has 1 aromatic rings. The van der Waals surface area contributed by atoms with Crippen molar-refractivity contribution < 1.29 is 4.39 Å². The van der Waals surface area contributed by atoms with Crippen molar-refractivity contribution in [3.63, 3.8) is 0 Å². The van der Waals surface area contributed by atoms with Crippen molar-refractivity contribution >= 4 is 11.6 Å². The van der Waals surface area contributed by atoms with Gasteiger partial charge in [0.05, 0.1) is 0 Å². The van der Waals surface area contributed by atoms with Crippen LogP contribution in [0.15, 0.2) is 18.2 Å². The first kappa shape index (κ1) is 15.3. The van der Waals surface area contributed by atoms with Crippen LogP contribution in [0.4, 0.5) is 4.39 Å². The van der Waals surface area contributed by atoms with Crippen LogP contribution >= 0.6 is 11.6 Å². The van der Waals surface area contributed by atoms with Crippen LogP contribution in [0, 0.1) is 11.2 Å². The molecule has 0 aromatic heterocycles. The number of hydrogen-bond donors (Lipinski definition) is 1. The van der Waals surface area contributed by atoms with Crippen molar-refractivity contribution in [2.24, 2.45) is 11.1 Å². The molecular weight excluding hydrogens is 287 g/mol. The second kappa shape index (κ2) is 6.23. The minimum Gasteiger partial charge on any atom is -0.329 e. The first-order chi connectivity index (χ1) is 10.1. The maximum Gasteiger partial charge on any atom is 0.125 e. The third-order valence-corrected chi connectivity index (χ3v) is 5.67. The SMILES string of the molecule is NCC(c1cc(F)cc(Cl)c1)N1CCC2(CCCC2)CC1. The number of piperidine rings is 1. The maximum absolute atomic E-state index is 13.6. The van der Waals surface area contributed by atoms with Gasteiger partial charge in [0.2, 0.25) is 0 Å². The molecule has 2 fully saturated rings. The van der Waals surface area contributed by atoms with Crippen LogP contribution in [0.1, 0.15) is 50.1 Å². The summed E-state index contributed by atoms with van der Waals surface area (Å²) in [5.74, 6) is -0.278. The van der Waals surface area contributed by atoms with Gasteiger partial charge >= 0.3 is 0 Å². The van der Waals surface area contributed by atoms with Gasteiger partial charge < -0.3 is 5.73 Å². The molecule has 1 saturated carbocycles. The van der Waals surface area contributed by atoms with Gasteiger partial charge in [-0.05, 0) is 68.0 Å². The van der Waals surface area contributed by atoms with E-state index in [1.165, 1.54) is 44.6 Å². The van der Waals surface area contributed by atoms with Gasteiger partial charge in [-0.25, -0.2) is 4.39 Å². The second-order valence-corrected chi connectivity index (χ2v) is 7.13. The van der Waals surface area contributed by atoms with Crippen LogP contribution in [0.2, 0.25) is 5.02 Å². The Bertz CT molecular complexity index is 469. The maximum atomic E-state index is 13.6. The van der Waals surface area contributed by atoms with E-state index in [1.807, 2.05) is 6.07 Å². The molecule has 1 aliphatic heterocycles. The van der Waals surface area contributed by atoms with Crippen molar-refractivity contribution in [2.75, 3.05) is 19.6 Å². The highest BCUT2D eigenvalue weighted by atomic mass is 35.5. The van der Waals surface area contributed by atoms with E-state index < -0.39 is 0 Å². The molecular formula is C17H24ClFN2. The molecule has 0 bridgehead atoms. The number of nitrogens with zero attached hydrogens (tertiary/aromatic N) is 1. The van der Waals surface area contributed by atoms with Gasteiger partial charge in [0.25, 0.3) is 0 Å². The number of benzene rings is 1. The van der Waals surface area contributed by atoms with Crippen molar-refractivity contribution in [3.05, 3.63) is 34.6 Å². The summed E-state index contributed by atoms with van der Waals surface area (Å²) >= 11 is 5.99. The zero-order valence-corrected chi connectivity index (χ0v) is 13.2. The Morgan fingerprint density at radius 3 is 2.38 bits per heavy atom. The topological polar surface area (TPSA) is 29.3 Å². The largest absolute Gasteiger partial charge is 0.329 e. The molecule has 1 saturated heterocycles. The molecule has 1 atom stereocenters. The third kappa shape index (κ3) is 3.25. The number of halogens is 2. The fourth-order valence-electron chi connectivity index (χ4n) is 4.20. The lowest BCUT2D eigenvalue weighted by atomic mass is 9.76. The summed E-state index contributed by atoms with van der Waals surface area (Å²) in [5, 5.41) is 0.452. The molecule has 0 amide bonds. The van der Waals surface area contributed by atoms with Crippen LogP contribution in [-0.4, -0.2) is 24.5 Å². The molecule has 1 spiro atoms. The Morgan fingerprint density at radius 2 is 1.81 bits per heavy atom. The highest BCUT2D eigenvalue weighted by Gasteiger charge is 2.38. The van der Waals surface area contributed by atoms with E-state index in [4.69, 9.17) is 17.3 Å². The van der Waals surface area contributed by atoms with Gasteiger partial charge in [-0.15, -0.1) is 0 Å². The second-order valence-electron chi connectivity index (χ2n) is 6.70. The number of hydrogen-bond acceptors (Lipinski definition) is 2. The highest BCUT2D eigenvalue weighted by Crippen LogP contribution is 2.47. The lowest BCUT2D eigenvalue weighted by molar-refractivity contribution is 0.0779. The van der Waals surface area contributed by atoms with Gasteiger partial charge in [0.1, 0.15) is 5.82 Å². The van der Waals surface area contributed by atoms with Crippen molar-refractivity contribution in [1.29, 1.82) is 0 Å². The molecule has 0 radical (unpaired) electrons. The van der Waals surface area contributed by atoms with E-state index in [0.717, 1.165) is 18.7 Å². The quantitative estimate of drug-likeness (QED) is 0.909. The standard InChI is InChI=1S/C17H24ClFN2/c18-14-9-13(10-15(19)11-14)16(12-20)21-7-5-17(6-8-21)3-1-2-4-17/h9-11,16H,1-8,12,20H2. The molecule has 1 heterocycles. The van der Waals surface area contributed by atoms with Gasteiger partial charge in [-0.3, -0.25) is 4.90 Å². The zero-order chi connectivity index (χ0) is 14.9. The van der Waals surface area contributed by atoms with E-state index in [2.05, 4.69) is 4.90 Å². The lowest BCUT2D eigenvalue weighted by Gasteiger charge is -2.42. The molecule has 3 rings (SSSR count). The fourth-order valence-corrected chi connectivity index (χ4v) is 4.43. The molecule has 4 heteroatoms. The zero-order valence-electron chi connectivity index (χ0n) is 12.5. The lowest BCUT2D eigenvalue weighted by Crippen LogP contribution is -2.43. The Morgan fingerprint density at radius 1 is 1.14 bits per heavy atom. The molecule has 2 N–H and O–H groups in total. The Labute approximate surface area is 131 Å². The minimum atomic E-state index is -0.278. The normalized spacial score (nSPS) is 23.6. The predicted octanol–water partition coefficient (Wildman–Crippen LogP) is 4.14. The number of nitrogens with two attached hydrogens (primary N) is 1. The monoisotopic (exact) mass is 310 g/mol. The average molecular weight is 311 g/mol. The Kier molecular flexibility index (Phi) is 4.53. The van der Waals surface area contributed by atoms with Gasteiger partial charge in [0, 0.05) is 17.6 Å². The molecule has 1 unspecified atom stereocenters. The van der Waals surface area contributed by atoms with Crippen LogP contribution in [0.25, 0.3) is 0 Å². The van der Waals surface area contributed by atoms with Crippen molar-refractivity contribution in [3.8, 4) is 0 Å². The molecule has 116 valence electrons. The smallest absolute Gasteiger partial charge is 0.125 e. The van der Waals surface area contributed by atoms with Gasteiger partial charge in [-0.1, -0.05) is 24.4 Å². The van der Waals surface area contributed by atoms with E-state index in [-0.39, 0.29) is 11.9 Å². The number of likely N-dealkylation sites (tertiary alicyclic amines) is 1. The molecule has 2 nitrogen and oxygen atoms in total. The van der Waals surface area contributed by atoms with Crippen LogP contribution < -0.4 is 5.73 Å². The molecule has 1 aliphatic carbocycles. The molecule has 1 aromatic carbocycles. The van der Waals surface area contributed by atoms with E-state index in [0.29, 0.717) is 17.0 Å². The van der Waals surface area contributed by atoms with Crippen LogP contribution in [0.5, 0.6) is 0 Å². The van der Waals surface area contributed by atoms with E-state index in [9.17, 15) is 4.39 Å². The molecule has 2 aliphatic rings.